The Morgan fingerprint density at radius 3 is 2.57 bits per heavy atom. The first-order valence-electron chi connectivity index (χ1n) is 6.36. The van der Waals surface area contributed by atoms with Gasteiger partial charge in [0.2, 0.25) is 0 Å². The zero-order chi connectivity index (χ0) is 9.80. The number of hydrogen-bond donors (Lipinski definition) is 0. The highest BCUT2D eigenvalue weighted by Crippen LogP contribution is 2.31. The van der Waals surface area contributed by atoms with Crippen molar-refractivity contribution in [3.63, 3.8) is 0 Å². The van der Waals surface area contributed by atoms with Crippen LogP contribution in [0.3, 0.4) is 0 Å². The van der Waals surface area contributed by atoms with Gasteiger partial charge in [0.25, 0.3) is 0 Å². The molecule has 0 aromatic carbocycles. The standard InChI is InChI=1S/C13H23N/c1-2-3-4-5-6-13-11-12-7-9-14(13)10-8-12/h11-12H,2-10H2,1H3. The SMILES string of the molecule is CCCCCCC1=CC2CCN1CC2. The topological polar surface area (TPSA) is 3.24 Å². The first-order chi connectivity index (χ1) is 6.90. The minimum Gasteiger partial charge on any atom is -0.375 e. The number of hydrogen-bond acceptors (Lipinski definition) is 1. The Bertz CT molecular complexity index is 199. The van der Waals surface area contributed by atoms with Gasteiger partial charge in [-0.25, -0.2) is 0 Å². The van der Waals surface area contributed by atoms with E-state index in [1.54, 1.807) is 5.70 Å². The maximum absolute atomic E-state index is 2.62. The van der Waals surface area contributed by atoms with E-state index in [4.69, 9.17) is 0 Å². The fourth-order valence-electron chi connectivity index (χ4n) is 2.71. The smallest absolute Gasteiger partial charge is 0.0180 e. The van der Waals surface area contributed by atoms with Crippen LogP contribution in [-0.2, 0) is 0 Å². The third-order valence-corrected chi connectivity index (χ3v) is 3.66. The second-order valence-corrected chi connectivity index (χ2v) is 4.79. The van der Waals surface area contributed by atoms with Gasteiger partial charge in [-0.1, -0.05) is 32.3 Å². The Morgan fingerprint density at radius 1 is 1.21 bits per heavy atom. The third kappa shape index (κ3) is 2.31. The molecule has 0 spiro atoms. The van der Waals surface area contributed by atoms with Crippen molar-refractivity contribution in [2.75, 3.05) is 13.1 Å². The molecule has 0 saturated carbocycles. The largest absolute Gasteiger partial charge is 0.375 e. The summed E-state index contributed by atoms with van der Waals surface area (Å²) in [5, 5.41) is 0. The molecule has 0 atom stereocenters. The van der Waals surface area contributed by atoms with E-state index in [0.717, 1.165) is 5.92 Å². The second kappa shape index (κ2) is 4.86. The van der Waals surface area contributed by atoms with Gasteiger partial charge in [0.1, 0.15) is 0 Å². The van der Waals surface area contributed by atoms with Gasteiger partial charge in [0.15, 0.2) is 0 Å². The summed E-state index contributed by atoms with van der Waals surface area (Å²) in [4.78, 5) is 2.62. The van der Waals surface area contributed by atoms with Crippen molar-refractivity contribution in [1.82, 2.24) is 4.90 Å². The molecule has 0 amide bonds. The van der Waals surface area contributed by atoms with Gasteiger partial charge < -0.3 is 4.90 Å². The van der Waals surface area contributed by atoms with Gasteiger partial charge in [-0.15, -0.1) is 0 Å². The van der Waals surface area contributed by atoms with E-state index >= 15 is 0 Å². The van der Waals surface area contributed by atoms with Gasteiger partial charge in [0.05, 0.1) is 0 Å². The van der Waals surface area contributed by atoms with E-state index in [1.807, 2.05) is 0 Å². The lowest BCUT2D eigenvalue weighted by atomic mass is 9.89. The fraction of sp³-hybridized carbons (Fsp3) is 0.846. The van der Waals surface area contributed by atoms with Crippen molar-refractivity contribution < 1.29 is 0 Å². The van der Waals surface area contributed by atoms with Crippen LogP contribution in [0, 0.1) is 5.92 Å². The Hall–Kier alpha value is -0.460. The predicted octanol–water partition coefficient (Wildman–Crippen LogP) is 3.57. The molecule has 1 saturated heterocycles. The number of fused-ring (bicyclic) bond motifs is 2. The second-order valence-electron chi connectivity index (χ2n) is 4.79. The van der Waals surface area contributed by atoms with Crippen molar-refractivity contribution in [2.24, 2.45) is 5.92 Å². The number of allylic oxidation sites excluding steroid dienone is 2. The Morgan fingerprint density at radius 2 is 2.00 bits per heavy atom. The van der Waals surface area contributed by atoms with Crippen molar-refractivity contribution in [3.05, 3.63) is 11.8 Å². The number of piperidine rings is 1. The molecular weight excluding hydrogens is 170 g/mol. The molecule has 3 aliphatic rings. The molecule has 3 aliphatic heterocycles. The van der Waals surface area contributed by atoms with Crippen LogP contribution >= 0.6 is 0 Å². The van der Waals surface area contributed by atoms with Crippen LogP contribution in [0.25, 0.3) is 0 Å². The van der Waals surface area contributed by atoms with Gasteiger partial charge in [-0.05, 0) is 31.6 Å². The molecule has 1 fully saturated rings. The highest BCUT2D eigenvalue weighted by atomic mass is 15.1. The van der Waals surface area contributed by atoms with Crippen molar-refractivity contribution in [2.45, 2.75) is 51.9 Å². The van der Waals surface area contributed by atoms with E-state index < -0.39 is 0 Å². The monoisotopic (exact) mass is 193 g/mol. The van der Waals surface area contributed by atoms with Crippen molar-refractivity contribution >= 4 is 0 Å². The summed E-state index contributed by atoms with van der Waals surface area (Å²) in [6.45, 7) is 4.96. The van der Waals surface area contributed by atoms with Crippen LogP contribution in [0.2, 0.25) is 0 Å². The summed E-state index contributed by atoms with van der Waals surface area (Å²) >= 11 is 0. The lowest BCUT2D eigenvalue weighted by Crippen LogP contribution is -2.37. The summed E-state index contributed by atoms with van der Waals surface area (Å²) in [7, 11) is 0. The predicted molar refractivity (Wildman–Crippen MR) is 61.1 cm³/mol. The van der Waals surface area contributed by atoms with Gasteiger partial charge in [0, 0.05) is 18.8 Å². The Labute approximate surface area is 88.2 Å². The van der Waals surface area contributed by atoms with Crippen LogP contribution in [0.4, 0.5) is 0 Å². The summed E-state index contributed by atoms with van der Waals surface area (Å²) in [6, 6.07) is 0. The average molecular weight is 193 g/mol. The van der Waals surface area contributed by atoms with E-state index in [0.29, 0.717) is 0 Å². The minimum atomic E-state index is 0.932. The zero-order valence-electron chi connectivity index (χ0n) is 9.47. The van der Waals surface area contributed by atoms with Crippen LogP contribution in [0.5, 0.6) is 0 Å². The summed E-state index contributed by atoms with van der Waals surface area (Å²) in [6.07, 6.45) is 12.3. The molecule has 0 aromatic rings. The molecule has 1 heteroatoms. The minimum absolute atomic E-state index is 0.932. The van der Waals surface area contributed by atoms with Crippen LogP contribution in [0.15, 0.2) is 11.8 Å². The van der Waals surface area contributed by atoms with Crippen LogP contribution < -0.4 is 0 Å². The molecule has 2 bridgehead atoms. The molecule has 0 unspecified atom stereocenters. The third-order valence-electron chi connectivity index (χ3n) is 3.66. The zero-order valence-corrected chi connectivity index (χ0v) is 9.47. The van der Waals surface area contributed by atoms with Gasteiger partial charge in [-0.3, -0.25) is 0 Å². The molecule has 1 nitrogen and oxygen atoms in total. The fourth-order valence-corrected chi connectivity index (χ4v) is 2.71. The highest BCUT2D eigenvalue weighted by molar-refractivity contribution is 5.11. The first-order valence-corrected chi connectivity index (χ1v) is 6.36. The number of rotatable bonds is 5. The number of nitrogens with zero attached hydrogens (tertiary/aromatic N) is 1. The molecule has 3 rings (SSSR count). The van der Waals surface area contributed by atoms with E-state index in [1.165, 1.54) is 58.0 Å². The summed E-state index contributed by atoms with van der Waals surface area (Å²) in [5.74, 6) is 0.932. The molecule has 14 heavy (non-hydrogen) atoms. The maximum Gasteiger partial charge on any atom is 0.0180 e. The summed E-state index contributed by atoms with van der Waals surface area (Å²) in [5.41, 5.74) is 1.67. The lowest BCUT2D eigenvalue weighted by Gasteiger charge is -2.40. The van der Waals surface area contributed by atoms with Crippen molar-refractivity contribution in [1.29, 1.82) is 0 Å². The number of unbranched alkanes of at least 4 members (excludes halogenated alkanes) is 3. The molecule has 3 heterocycles. The van der Waals surface area contributed by atoms with Crippen LogP contribution in [0.1, 0.15) is 51.9 Å². The normalized spacial score (nSPS) is 21.5. The Kier molecular flexibility index (Phi) is 3.49. The van der Waals surface area contributed by atoms with Gasteiger partial charge >= 0.3 is 0 Å². The molecule has 0 aromatic heterocycles. The molecule has 80 valence electrons. The quantitative estimate of drug-likeness (QED) is 0.603. The van der Waals surface area contributed by atoms with Gasteiger partial charge in [-0.2, -0.15) is 0 Å². The lowest BCUT2D eigenvalue weighted by molar-refractivity contribution is 0.211. The van der Waals surface area contributed by atoms with E-state index in [-0.39, 0.29) is 0 Å². The molecular formula is C13H23N. The van der Waals surface area contributed by atoms with Crippen molar-refractivity contribution in [3.8, 4) is 0 Å². The van der Waals surface area contributed by atoms with E-state index in [9.17, 15) is 0 Å². The Balaban J connectivity index is 1.75. The molecule has 0 radical (unpaired) electrons. The van der Waals surface area contributed by atoms with Crippen LogP contribution in [-0.4, -0.2) is 18.0 Å². The molecule has 0 aliphatic carbocycles. The first kappa shape index (κ1) is 10.1. The average Bonchev–Trinajstić information content (AvgIpc) is 2.26. The summed E-state index contributed by atoms with van der Waals surface area (Å²) < 4.78 is 0. The maximum atomic E-state index is 2.62. The van der Waals surface area contributed by atoms with E-state index in [2.05, 4.69) is 17.9 Å². The molecule has 0 N–H and O–H groups in total. The highest BCUT2D eigenvalue weighted by Gasteiger charge is 2.25.